The molecule has 0 fully saturated rings. The van der Waals surface area contributed by atoms with Crippen molar-refractivity contribution in [3.8, 4) is 0 Å². The van der Waals surface area contributed by atoms with E-state index in [1.807, 2.05) is 11.5 Å². The van der Waals surface area contributed by atoms with Crippen LogP contribution in [0.15, 0.2) is 52.3 Å². The third kappa shape index (κ3) is 5.57. The second-order valence-electron chi connectivity index (χ2n) is 7.37. The van der Waals surface area contributed by atoms with E-state index in [0.717, 1.165) is 28.0 Å². The summed E-state index contributed by atoms with van der Waals surface area (Å²) in [5.41, 5.74) is 1.95. The zero-order valence-electron chi connectivity index (χ0n) is 18.0. The van der Waals surface area contributed by atoms with E-state index in [4.69, 9.17) is 0 Å². The summed E-state index contributed by atoms with van der Waals surface area (Å²) < 4.78 is 66.0. The van der Waals surface area contributed by atoms with Crippen molar-refractivity contribution < 1.29 is 21.6 Å². The van der Waals surface area contributed by atoms with E-state index >= 15 is 0 Å². The number of nitrogens with zero attached hydrogens (tertiary/aromatic N) is 3. The molecule has 0 amide bonds. The van der Waals surface area contributed by atoms with Crippen LogP contribution in [0.1, 0.15) is 19.2 Å². The Balaban J connectivity index is 1.90. The first-order valence-corrected chi connectivity index (χ1v) is 12.4. The van der Waals surface area contributed by atoms with Crippen LogP contribution < -0.4 is 5.32 Å². The standard InChI is InChI=1S/C21H25F3N4O2S2/c1-4-11-28-18-10-9-15(32(29,30)27(2)3)12-17(18)26-20(28)13-25-16-7-5-6-8-19(16)31-14-21(22,23)24/h5-10,12,25H,4,11,13-14H2,1-3H3. The Kier molecular flexibility index (Phi) is 7.41. The highest BCUT2D eigenvalue weighted by atomic mass is 32.2. The molecule has 1 heterocycles. The number of aromatic nitrogens is 2. The predicted molar refractivity (Wildman–Crippen MR) is 121 cm³/mol. The molecule has 0 atom stereocenters. The number of hydrogen-bond donors (Lipinski definition) is 1. The van der Waals surface area contributed by atoms with E-state index in [9.17, 15) is 21.6 Å². The first kappa shape index (κ1) is 24.4. The molecule has 0 unspecified atom stereocenters. The van der Waals surface area contributed by atoms with Gasteiger partial charge < -0.3 is 9.88 Å². The minimum atomic E-state index is -4.25. The zero-order chi connectivity index (χ0) is 23.5. The number of fused-ring (bicyclic) bond motifs is 1. The van der Waals surface area contributed by atoms with Gasteiger partial charge in [0.2, 0.25) is 10.0 Å². The molecule has 11 heteroatoms. The van der Waals surface area contributed by atoms with Crippen molar-refractivity contribution in [3.05, 3.63) is 48.3 Å². The smallest absolute Gasteiger partial charge is 0.377 e. The number of sulfonamides is 1. The number of nitrogens with one attached hydrogen (secondary N) is 1. The second kappa shape index (κ2) is 9.72. The van der Waals surface area contributed by atoms with Gasteiger partial charge in [0, 0.05) is 31.2 Å². The zero-order valence-corrected chi connectivity index (χ0v) is 19.6. The molecule has 32 heavy (non-hydrogen) atoms. The number of thioether (sulfide) groups is 1. The van der Waals surface area contributed by atoms with Gasteiger partial charge in [0.05, 0.1) is 28.2 Å². The maximum absolute atomic E-state index is 12.6. The maximum atomic E-state index is 12.6. The van der Waals surface area contributed by atoms with E-state index in [1.165, 1.54) is 14.1 Å². The van der Waals surface area contributed by atoms with E-state index in [-0.39, 0.29) is 11.4 Å². The summed E-state index contributed by atoms with van der Waals surface area (Å²) >= 11 is 0.730. The monoisotopic (exact) mass is 486 g/mol. The molecular formula is C21H25F3N4O2S2. The molecule has 0 radical (unpaired) electrons. The third-order valence-corrected chi connectivity index (χ3v) is 7.69. The summed E-state index contributed by atoms with van der Waals surface area (Å²) in [5.74, 6) is -0.291. The van der Waals surface area contributed by atoms with Gasteiger partial charge >= 0.3 is 6.18 Å². The summed E-state index contributed by atoms with van der Waals surface area (Å²) in [4.78, 5) is 5.28. The van der Waals surface area contributed by atoms with E-state index in [1.54, 1.807) is 42.5 Å². The predicted octanol–water partition coefficient (Wildman–Crippen LogP) is 4.96. The van der Waals surface area contributed by atoms with Crippen LogP contribution in [-0.2, 0) is 23.1 Å². The van der Waals surface area contributed by atoms with Gasteiger partial charge in [-0.1, -0.05) is 19.1 Å². The molecule has 3 rings (SSSR count). The Morgan fingerprint density at radius 1 is 1.16 bits per heavy atom. The molecule has 3 aromatic rings. The number of para-hydroxylation sites is 1. The Bertz CT molecular complexity index is 1190. The summed E-state index contributed by atoms with van der Waals surface area (Å²) in [7, 11) is -0.648. The van der Waals surface area contributed by atoms with Crippen LogP contribution in [-0.4, -0.2) is 48.3 Å². The normalized spacial score (nSPS) is 12.6. The summed E-state index contributed by atoms with van der Waals surface area (Å²) in [6.45, 7) is 2.99. The topological polar surface area (TPSA) is 67.2 Å². The molecular weight excluding hydrogens is 461 g/mol. The highest BCUT2D eigenvalue weighted by Gasteiger charge is 2.27. The highest BCUT2D eigenvalue weighted by molar-refractivity contribution is 7.99. The van der Waals surface area contributed by atoms with Gasteiger partial charge in [-0.3, -0.25) is 0 Å². The highest BCUT2D eigenvalue weighted by Crippen LogP contribution is 2.32. The van der Waals surface area contributed by atoms with Crippen molar-refractivity contribution >= 4 is 38.5 Å². The molecule has 0 saturated heterocycles. The van der Waals surface area contributed by atoms with Crippen LogP contribution in [0.3, 0.4) is 0 Å². The number of alkyl halides is 3. The number of aryl methyl sites for hydroxylation is 1. The summed E-state index contributed by atoms with van der Waals surface area (Å²) in [6.07, 6.45) is -3.41. The Morgan fingerprint density at radius 3 is 2.53 bits per heavy atom. The van der Waals surface area contributed by atoms with Gasteiger partial charge in [-0.15, -0.1) is 11.8 Å². The Labute approximate surface area is 189 Å². The molecule has 0 aliphatic heterocycles. The first-order valence-electron chi connectivity index (χ1n) is 9.97. The summed E-state index contributed by atoms with van der Waals surface area (Å²) in [5, 5.41) is 3.19. The van der Waals surface area contributed by atoms with Crippen LogP contribution in [0.4, 0.5) is 18.9 Å². The van der Waals surface area contributed by atoms with Gasteiger partial charge in [-0.05, 0) is 36.8 Å². The molecule has 1 N–H and O–H groups in total. The van der Waals surface area contributed by atoms with Crippen molar-refractivity contribution in [2.75, 3.05) is 25.2 Å². The largest absolute Gasteiger partial charge is 0.398 e. The molecule has 1 aromatic heterocycles. The fraction of sp³-hybridized carbons (Fsp3) is 0.381. The maximum Gasteiger partial charge on any atom is 0.398 e. The van der Waals surface area contributed by atoms with Gasteiger partial charge in [0.1, 0.15) is 5.82 Å². The molecule has 0 bridgehead atoms. The Morgan fingerprint density at radius 2 is 1.88 bits per heavy atom. The van der Waals surface area contributed by atoms with Crippen LogP contribution in [0.25, 0.3) is 11.0 Å². The van der Waals surface area contributed by atoms with Gasteiger partial charge in [0.15, 0.2) is 0 Å². The van der Waals surface area contributed by atoms with Crippen molar-refractivity contribution in [3.63, 3.8) is 0 Å². The first-order chi connectivity index (χ1) is 15.0. The lowest BCUT2D eigenvalue weighted by Gasteiger charge is -2.14. The van der Waals surface area contributed by atoms with Crippen LogP contribution in [0, 0.1) is 0 Å². The quantitative estimate of drug-likeness (QED) is 0.433. The minimum Gasteiger partial charge on any atom is -0.377 e. The number of anilines is 1. The molecule has 0 aliphatic rings. The van der Waals surface area contributed by atoms with Crippen LogP contribution >= 0.6 is 11.8 Å². The van der Waals surface area contributed by atoms with Crippen molar-refractivity contribution in [1.82, 2.24) is 13.9 Å². The average Bonchev–Trinajstić information content (AvgIpc) is 3.07. The number of benzene rings is 2. The number of imidazole rings is 1. The third-order valence-electron chi connectivity index (χ3n) is 4.74. The Hall–Kier alpha value is -2.24. The SMILES string of the molecule is CCCn1c(CNc2ccccc2SCC(F)(F)F)nc2cc(S(=O)(=O)N(C)C)ccc21. The fourth-order valence-corrected chi connectivity index (χ4v) is 4.92. The van der Waals surface area contributed by atoms with Crippen LogP contribution in [0.2, 0.25) is 0 Å². The van der Waals surface area contributed by atoms with E-state index in [0.29, 0.717) is 28.5 Å². The average molecular weight is 487 g/mol. The lowest BCUT2D eigenvalue weighted by Crippen LogP contribution is -2.22. The molecule has 2 aromatic carbocycles. The van der Waals surface area contributed by atoms with Gasteiger partial charge in [-0.2, -0.15) is 13.2 Å². The second-order valence-corrected chi connectivity index (χ2v) is 10.5. The molecule has 0 aliphatic carbocycles. The fourth-order valence-electron chi connectivity index (χ4n) is 3.21. The van der Waals surface area contributed by atoms with Gasteiger partial charge in [-0.25, -0.2) is 17.7 Å². The molecule has 6 nitrogen and oxygen atoms in total. The van der Waals surface area contributed by atoms with Crippen molar-refractivity contribution in [2.45, 2.75) is 42.4 Å². The lowest BCUT2D eigenvalue weighted by atomic mass is 10.3. The lowest BCUT2D eigenvalue weighted by molar-refractivity contribution is -0.105. The number of rotatable bonds is 9. The molecule has 0 saturated carbocycles. The van der Waals surface area contributed by atoms with Crippen molar-refractivity contribution in [1.29, 1.82) is 0 Å². The number of halogens is 3. The van der Waals surface area contributed by atoms with E-state index in [2.05, 4.69) is 10.3 Å². The van der Waals surface area contributed by atoms with E-state index < -0.39 is 22.0 Å². The molecule has 0 spiro atoms. The van der Waals surface area contributed by atoms with Gasteiger partial charge in [0.25, 0.3) is 0 Å². The summed E-state index contributed by atoms with van der Waals surface area (Å²) in [6, 6.07) is 11.7. The van der Waals surface area contributed by atoms with Crippen LogP contribution in [0.5, 0.6) is 0 Å². The molecule has 174 valence electrons. The minimum absolute atomic E-state index is 0.157. The van der Waals surface area contributed by atoms with Crippen molar-refractivity contribution in [2.24, 2.45) is 0 Å². The number of hydrogen-bond acceptors (Lipinski definition) is 5.